The predicted molar refractivity (Wildman–Crippen MR) is 278 cm³/mol. The lowest BCUT2D eigenvalue weighted by Crippen LogP contribution is -2.37. The van der Waals surface area contributed by atoms with Crippen LogP contribution in [0.4, 0.5) is 11.4 Å². The van der Waals surface area contributed by atoms with E-state index in [1.165, 1.54) is 105 Å². The SMILES string of the molecule is C=C1c2ccccc2-c2cc3c(cc21)c1ccc(-c2cc4c(cc2Nc2ccc(C(C)(C)C)cc2)C(C)(C)c2cc(C(C)(C)C)ccc2-4)c2c1n3-c1cc3c(cc1B2)oc1ccccc13. The van der Waals surface area contributed by atoms with Crippen molar-refractivity contribution in [2.75, 3.05) is 5.32 Å². The Kier molecular flexibility index (Phi) is 7.58. The van der Waals surface area contributed by atoms with Crippen LogP contribution in [-0.4, -0.2) is 11.8 Å². The molecule has 1 N–H and O–H groups in total. The lowest BCUT2D eigenvalue weighted by Gasteiger charge is -2.27. The van der Waals surface area contributed by atoms with Crippen LogP contribution >= 0.6 is 0 Å². The maximum absolute atomic E-state index is 6.59. The average Bonchev–Trinajstić information content (AvgIpc) is 3.97. The van der Waals surface area contributed by atoms with Gasteiger partial charge >= 0.3 is 0 Å². The second kappa shape index (κ2) is 12.8. The smallest absolute Gasteiger partial charge is 0.198 e. The topological polar surface area (TPSA) is 30.1 Å². The fourth-order valence-electron chi connectivity index (χ4n) is 11.6. The van der Waals surface area contributed by atoms with Crippen LogP contribution < -0.4 is 16.2 Å². The maximum atomic E-state index is 6.59. The molecule has 13 rings (SSSR count). The van der Waals surface area contributed by atoms with Gasteiger partial charge in [0.15, 0.2) is 7.28 Å². The monoisotopic (exact) mass is 838 g/mol. The Labute approximate surface area is 381 Å². The van der Waals surface area contributed by atoms with Crippen LogP contribution in [0.25, 0.3) is 88.4 Å². The average molecular weight is 839 g/mol. The Bertz CT molecular complexity index is 3770. The summed E-state index contributed by atoms with van der Waals surface area (Å²) < 4.78 is 9.17. The molecule has 314 valence electrons. The molecule has 0 amide bonds. The fraction of sp³-hybridized carbons (Fsp3) is 0.180. The number of aromatic nitrogens is 1. The van der Waals surface area contributed by atoms with Crippen molar-refractivity contribution in [3.63, 3.8) is 0 Å². The first-order valence-electron chi connectivity index (χ1n) is 23.2. The molecule has 0 radical (unpaired) electrons. The molecular formula is C61H51BN2O. The minimum Gasteiger partial charge on any atom is -0.456 e. The van der Waals surface area contributed by atoms with Gasteiger partial charge in [-0.1, -0.05) is 152 Å². The Balaban J connectivity index is 1.10. The van der Waals surface area contributed by atoms with Crippen LogP contribution in [0.15, 0.2) is 151 Å². The van der Waals surface area contributed by atoms with E-state index in [9.17, 15) is 0 Å². The van der Waals surface area contributed by atoms with Crippen molar-refractivity contribution in [1.82, 2.24) is 4.57 Å². The van der Waals surface area contributed by atoms with Gasteiger partial charge in [-0.25, -0.2) is 0 Å². The first-order chi connectivity index (χ1) is 31.1. The third-order valence-corrected chi connectivity index (χ3v) is 15.2. The van der Waals surface area contributed by atoms with Crippen LogP contribution in [0.3, 0.4) is 0 Å². The van der Waals surface area contributed by atoms with Crippen LogP contribution in [-0.2, 0) is 16.2 Å². The highest BCUT2D eigenvalue weighted by molar-refractivity contribution is 6.73. The van der Waals surface area contributed by atoms with E-state index in [2.05, 4.69) is 211 Å². The highest BCUT2D eigenvalue weighted by Crippen LogP contribution is 2.53. The van der Waals surface area contributed by atoms with Gasteiger partial charge in [0.05, 0.1) is 5.52 Å². The lowest BCUT2D eigenvalue weighted by molar-refractivity contribution is 0.584. The van der Waals surface area contributed by atoms with Gasteiger partial charge in [-0.3, -0.25) is 0 Å². The molecule has 0 atom stereocenters. The summed E-state index contributed by atoms with van der Waals surface area (Å²) in [4.78, 5) is 0. The largest absolute Gasteiger partial charge is 0.456 e. The van der Waals surface area contributed by atoms with Crippen molar-refractivity contribution in [2.45, 2.75) is 71.6 Å². The van der Waals surface area contributed by atoms with E-state index in [1.807, 2.05) is 0 Å². The Morgan fingerprint density at radius 2 is 1.25 bits per heavy atom. The molecule has 3 aliphatic rings. The van der Waals surface area contributed by atoms with Gasteiger partial charge in [0.2, 0.25) is 0 Å². The second-order valence-electron chi connectivity index (χ2n) is 21.5. The van der Waals surface area contributed by atoms with E-state index in [1.54, 1.807) is 0 Å². The first kappa shape index (κ1) is 38.4. The van der Waals surface area contributed by atoms with Gasteiger partial charge < -0.3 is 14.3 Å². The minimum absolute atomic E-state index is 0.0501. The number of benzene rings is 8. The lowest BCUT2D eigenvalue weighted by atomic mass is 9.59. The van der Waals surface area contributed by atoms with Crippen molar-refractivity contribution in [2.24, 2.45) is 0 Å². The van der Waals surface area contributed by atoms with Crippen molar-refractivity contribution in [1.29, 1.82) is 0 Å². The quantitative estimate of drug-likeness (QED) is 0.180. The van der Waals surface area contributed by atoms with E-state index >= 15 is 0 Å². The van der Waals surface area contributed by atoms with Crippen molar-refractivity contribution >= 4 is 78.9 Å². The molecule has 8 aromatic carbocycles. The van der Waals surface area contributed by atoms with Gasteiger partial charge in [-0.15, -0.1) is 0 Å². The Morgan fingerprint density at radius 3 is 2.03 bits per heavy atom. The van der Waals surface area contributed by atoms with Crippen LogP contribution in [0.5, 0.6) is 0 Å². The summed E-state index contributed by atoms with van der Waals surface area (Å²) in [5.41, 5.74) is 26.9. The van der Waals surface area contributed by atoms with E-state index in [4.69, 9.17) is 4.42 Å². The fourth-order valence-corrected chi connectivity index (χ4v) is 11.6. The molecule has 4 heteroatoms. The molecule has 2 aromatic heterocycles. The van der Waals surface area contributed by atoms with E-state index in [0.29, 0.717) is 0 Å². The summed E-state index contributed by atoms with van der Waals surface area (Å²) in [5, 5.41) is 8.82. The summed E-state index contributed by atoms with van der Waals surface area (Å²) in [7, 11) is 0.772. The highest BCUT2D eigenvalue weighted by Gasteiger charge is 2.38. The molecular weight excluding hydrogens is 787 g/mol. The van der Waals surface area contributed by atoms with Gasteiger partial charge in [0, 0.05) is 55.1 Å². The Morgan fingerprint density at radius 1 is 0.538 bits per heavy atom. The first-order valence-corrected chi connectivity index (χ1v) is 23.2. The molecule has 0 unspecified atom stereocenters. The maximum Gasteiger partial charge on any atom is 0.198 e. The predicted octanol–water partition coefficient (Wildman–Crippen LogP) is 14.7. The van der Waals surface area contributed by atoms with Gasteiger partial charge in [-0.05, 0) is 138 Å². The summed E-state index contributed by atoms with van der Waals surface area (Å²) >= 11 is 0. The number of furan rings is 1. The number of anilines is 2. The van der Waals surface area contributed by atoms with Crippen molar-refractivity contribution < 1.29 is 4.42 Å². The van der Waals surface area contributed by atoms with Crippen molar-refractivity contribution in [3.05, 3.63) is 179 Å². The van der Waals surface area contributed by atoms with E-state index in [0.717, 1.165) is 46.2 Å². The number of nitrogens with zero attached hydrogens (tertiary/aromatic N) is 1. The van der Waals surface area contributed by atoms with Gasteiger partial charge in [-0.2, -0.15) is 0 Å². The second-order valence-corrected chi connectivity index (χ2v) is 21.5. The zero-order valence-electron chi connectivity index (χ0n) is 38.5. The summed E-state index contributed by atoms with van der Waals surface area (Å²) in [6.45, 7) is 23.2. The molecule has 0 fully saturated rings. The van der Waals surface area contributed by atoms with Crippen LogP contribution in [0.1, 0.15) is 88.8 Å². The zero-order valence-corrected chi connectivity index (χ0v) is 38.5. The third kappa shape index (κ3) is 5.37. The third-order valence-electron chi connectivity index (χ3n) is 15.2. The number of fused-ring (bicyclic) bond motifs is 14. The molecule has 1 aliphatic heterocycles. The highest BCUT2D eigenvalue weighted by atomic mass is 16.3. The molecule has 65 heavy (non-hydrogen) atoms. The summed E-state index contributed by atoms with van der Waals surface area (Å²) in [5.74, 6) is 0. The molecule has 3 heterocycles. The molecule has 0 saturated heterocycles. The van der Waals surface area contributed by atoms with Crippen LogP contribution in [0.2, 0.25) is 0 Å². The molecule has 0 saturated carbocycles. The molecule has 0 spiro atoms. The molecule has 0 bridgehead atoms. The summed E-state index contributed by atoms with van der Waals surface area (Å²) in [6, 6.07) is 52.8. The number of hydrogen-bond donors (Lipinski definition) is 1. The molecule has 10 aromatic rings. The van der Waals surface area contributed by atoms with E-state index < -0.39 is 0 Å². The molecule has 2 aliphatic carbocycles. The van der Waals surface area contributed by atoms with Crippen LogP contribution in [0, 0.1) is 0 Å². The number of para-hydroxylation sites is 1. The van der Waals surface area contributed by atoms with Crippen molar-refractivity contribution in [3.8, 4) is 39.1 Å². The summed E-state index contributed by atoms with van der Waals surface area (Å²) in [6.07, 6.45) is 0. The number of rotatable bonds is 3. The van der Waals surface area contributed by atoms with Gasteiger partial charge in [0.25, 0.3) is 0 Å². The number of nitrogens with one attached hydrogen (secondary N) is 1. The molecule has 3 nitrogen and oxygen atoms in total. The number of hydrogen-bond acceptors (Lipinski definition) is 2. The zero-order chi connectivity index (χ0) is 44.5. The van der Waals surface area contributed by atoms with E-state index in [-0.39, 0.29) is 16.2 Å². The van der Waals surface area contributed by atoms with Gasteiger partial charge in [0.1, 0.15) is 11.2 Å². The Hall–Kier alpha value is -7.04. The standard InChI is InChI=1S/C61H51BN2O/c1-33-37-14-10-11-15-38(37)44-29-53-47(27-43(33)44)42-25-24-41(57-58(42)64(53)54-30-48-40-16-12-13-17-55(40)65-56(48)32-51(54)62-57)46-28-45-39-23-20-35(60(5,6)7)26-49(39)61(8,9)50(45)31-52(46)63-36-21-18-34(19-22-36)59(2,3)4/h10-32,62-63H,1H2,2-9H3. The minimum atomic E-state index is -0.179. The normalized spacial score (nSPS) is 14.4.